The number of aliphatic hydroxyl groups is 1. The first kappa shape index (κ1) is 27.3. The maximum atomic E-state index is 16.6. The average Bonchev–Trinajstić information content (AvgIpc) is 3.42. The minimum absolute atomic E-state index is 0.0401. The number of hydrogen-bond acceptors (Lipinski definition) is 5. The lowest BCUT2D eigenvalue weighted by Gasteiger charge is -2.35. The van der Waals surface area contributed by atoms with Crippen LogP contribution in [0.3, 0.4) is 0 Å². The molecule has 0 spiro atoms. The monoisotopic (exact) mass is 566 g/mol. The number of halogens is 4. The molecule has 1 atom stereocenters. The van der Waals surface area contributed by atoms with E-state index in [1.54, 1.807) is 28.6 Å². The number of fused-ring (bicyclic) bond motifs is 3. The molecule has 1 saturated carbocycles. The predicted molar refractivity (Wildman–Crippen MR) is 146 cm³/mol. The second-order valence-electron chi connectivity index (χ2n) is 11.5. The molecular formula is C30H30F4N6O. The highest BCUT2D eigenvalue weighted by Gasteiger charge is 2.41. The maximum Gasteiger partial charge on any atom is 0.248 e. The van der Waals surface area contributed by atoms with Gasteiger partial charge in [-0.2, -0.15) is 0 Å². The molecule has 7 nitrogen and oxygen atoms in total. The van der Waals surface area contributed by atoms with Crippen LogP contribution in [0, 0.1) is 24.5 Å². The van der Waals surface area contributed by atoms with Gasteiger partial charge >= 0.3 is 0 Å². The fourth-order valence-electron chi connectivity index (χ4n) is 6.25. The first-order valence-corrected chi connectivity index (χ1v) is 13.6. The van der Waals surface area contributed by atoms with Crippen LogP contribution in [0.5, 0.6) is 0 Å². The summed E-state index contributed by atoms with van der Waals surface area (Å²) in [6.07, 6.45) is 2.57. The van der Waals surface area contributed by atoms with E-state index < -0.39 is 35.1 Å². The number of aromatic nitrogens is 6. The second kappa shape index (κ2) is 9.61. The van der Waals surface area contributed by atoms with Crippen molar-refractivity contribution < 1.29 is 22.7 Å². The minimum Gasteiger partial charge on any atom is -0.386 e. The molecule has 0 aliphatic heterocycles. The first-order chi connectivity index (χ1) is 19.4. The van der Waals surface area contributed by atoms with Crippen molar-refractivity contribution in [2.75, 3.05) is 0 Å². The van der Waals surface area contributed by atoms with Gasteiger partial charge in [0.25, 0.3) is 0 Å². The summed E-state index contributed by atoms with van der Waals surface area (Å²) in [5.41, 5.74) is 1.64. The Labute approximate surface area is 233 Å². The molecule has 0 radical (unpaired) electrons. The second-order valence-corrected chi connectivity index (χ2v) is 11.5. The van der Waals surface area contributed by atoms with Crippen LogP contribution in [-0.4, -0.2) is 40.6 Å². The van der Waals surface area contributed by atoms with E-state index in [1.807, 2.05) is 13.0 Å². The summed E-state index contributed by atoms with van der Waals surface area (Å²) in [5.74, 6) is -4.58. The molecule has 1 aliphatic rings. The molecule has 214 valence electrons. The summed E-state index contributed by atoms with van der Waals surface area (Å²) in [7, 11) is 1.75. The molecule has 11 heteroatoms. The number of alkyl halides is 2. The predicted octanol–water partition coefficient (Wildman–Crippen LogP) is 6.61. The average molecular weight is 567 g/mol. The maximum absolute atomic E-state index is 16.6. The molecule has 1 N–H and O–H groups in total. The molecular weight excluding hydrogens is 536 g/mol. The van der Waals surface area contributed by atoms with Crippen LogP contribution >= 0.6 is 0 Å². The van der Waals surface area contributed by atoms with Crippen molar-refractivity contribution in [1.29, 1.82) is 0 Å². The summed E-state index contributed by atoms with van der Waals surface area (Å²) in [5, 5.41) is 19.5. The summed E-state index contributed by atoms with van der Waals surface area (Å²) >= 11 is 0. The zero-order valence-electron chi connectivity index (χ0n) is 23.2. The quantitative estimate of drug-likeness (QED) is 0.242. The Kier molecular flexibility index (Phi) is 6.40. The van der Waals surface area contributed by atoms with E-state index in [2.05, 4.69) is 15.3 Å². The molecule has 1 unspecified atom stereocenters. The van der Waals surface area contributed by atoms with Gasteiger partial charge in [0, 0.05) is 48.8 Å². The highest BCUT2D eigenvalue weighted by atomic mass is 19.3. The third-order valence-corrected chi connectivity index (χ3v) is 8.22. The summed E-state index contributed by atoms with van der Waals surface area (Å²) in [4.78, 5) is 9.08. The van der Waals surface area contributed by atoms with Crippen LogP contribution in [0.15, 0.2) is 42.7 Å². The normalized spacial score (nSPS) is 17.0. The molecule has 5 aromatic rings. The van der Waals surface area contributed by atoms with Gasteiger partial charge in [-0.05, 0) is 57.7 Å². The van der Waals surface area contributed by atoms with Crippen LogP contribution < -0.4 is 0 Å². The van der Waals surface area contributed by atoms with Crippen molar-refractivity contribution in [2.45, 2.75) is 64.0 Å². The fraction of sp³-hybridized carbons (Fsp3) is 0.400. The summed E-state index contributed by atoms with van der Waals surface area (Å²) in [6.45, 7) is 4.78. The molecule has 1 aliphatic carbocycles. The van der Waals surface area contributed by atoms with Crippen molar-refractivity contribution in [3.8, 4) is 11.3 Å². The van der Waals surface area contributed by atoms with E-state index >= 15 is 8.78 Å². The Morgan fingerprint density at radius 1 is 1.10 bits per heavy atom. The first-order valence-electron chi connectivity index (χ1n) is 13.6. The Balaban J connectivity index is 1.72. The standard InChI is InChI=1S/C30H30F4N6O/c1-16-26(39(4)38-37-16)18-14-22-24(36-15-18)19-7-8-20(29(2,3)41)23(32)28(19)40(22)27(25-21(31)6-5-13-35-25)17-9-11-30(33,34)12-10-17/h5-8,13-15,17,27,41H,9-12H2,1-4H3. The van der Waals surface area contributed by atoms with E-state index in [0.29, 0.717) is 33.4 Å². The Bertz CT molecular complexity index is 1760. The molecule has 41 heavy (non-hydrogen) atoms. The molecule has 1 aromatic carbocycles. The van der Waals surface area contributed by atoms with Gasteiger partial charge in [0.1, 0.15) is 5.82 Å². The van der Waals surface area contributed by atoms with E-state index in [0.717, 1.165) is 0 Å². The van der Waals surface area contributed by atoms with Gasteiger partial charge in [0.15, 0.2) is 5.82 Å². The lowest BCUT2D eigenvalue weighted by Crippen LogP contribution is -2.31. The number of benzene rings is 1. The molecule has 6 rings (SSSR count). The lowest BCUT2D eigenvalue weighted by atomic mass is 9.80. The van der Waals surface area contributed by atoms with Gasteiger partial charge in [0.2, 0.25) is 5.92 Å². The molecule has 0 saturated heterocycles. The van der Waals surface area contributed by atoms with E-state index in [9.17, 15) is 13.9 Å². The van der Waals surface area contributed by atoms with Gasteiger partial charge in [-0.15, -0.1) is 5.10 Å². The Morgan fingerprint density at radius 3 is 2.46 bits per heavy atom. The third-order valence-electron chi connectivity index (χ3n) is 8.22. The Hall–Kier alpha value is -3.86. The fourth-order valence-corrected chi connectivity index (χ4v) is 6.25. The summed E-state index contributed by atoms with van der Waals surface area (Å²) < 4.78 is 63.9. The molecule has 4 heterocycles. The van der Waals surface area contributed by atoms with Crippen molar-refractivity contribution in [3.05, 3.63) is 71.3 Å². The van der Waals surface area contributed by atoms with Crippen LogP contribution in [0.1, 0.15) is 62.5 Å². The van der Waals surface area contributed by atoms with Crippen LogP contribution in [0.2, 0.25) is 0 Å². The molecule has 4 aromatic heterocycles. The van der Waals surface area contributed by atoms with Crippen LogP contribution in [0.25, 0.3) is 33.2 Å². The number of hydrogen-bond donors (Lipinski definition) is 1. The van der Waals surface area contributed by atoms with Gasteiger partial charge < -0.3 is 9.67 Å². The molecule has 1 fully saturated rings. The number of pyridine rings is 2. The summed E-state index contributed by atoms with van der Waals surface area (Å²) in [6, 6.07) is 6.85. The lowest BCUT2D eigenvalue weighted by molar-refractivity contribution is -0.0496. The van der Waals surface area contributed by atoms with Gasteiger partial charge in [0.05, 0.1) is 45.3 Å². The zero-order chi connectivity index (χ0) is 29.3. The van der Waals surface area contributed by atoms with Crippen LogP contribution in [-0.2, 0) is 12.6 Å². The minimum atomic E-state index is -2.82. The SMILES string of the molecule is Cc1nnn(C)c1-c1cnc2c3ccc(C(C)(C)O)c(F)c3n(C(c3ncccc3F)C3CCC(F)(F)CC3)c2c1. The third kappa shape index (κ3) is 4.56. The van der Waals surface area contributed by atoms with Gasteiger partial charge in [-0.25, -0.2) is 22.2 Å². The van der Waals surface area contributed by atoms with Crippen LogP contribution in [0.4, 0.5) is 17.6 Å². The van der Waals surface area contributed by atoms with E-state index in [4.69, 9.17) is 4.98 Å². The highest BCUT2D eigenvalue weighted by molar-refractivity contribution is 6.07. The van der Waals surface area contributed by atoms with Crippen molar-refractivity contribution in [1.82, 2.24) is 29.5 Å². The number of rotatable bonds is 5. The van der Waals surface area contributed by atoms with Crippen molar-refractivity contribution in [3.63, 3.8) is 0 Å². The van der Waals surface area contributed by atoms with E-state index in [1.165, 1.54) is 38.2 Å². The van der Waals surface area contributed by atoms with Gasteiger partial charge in [-0.1, -0.05) is 17.3 Å². The molecule has 0 bridgehead atoms. The zero-order valence-corrected chi connectivity index (χ0v) is 23.2. The topological polar surface area (TPSA) is 81.6 Å². The van der Waals surface area contributed by atoms with E-state index in [-0.39, 0.29) is 42.5 Å². The number of aryl methyl sites for hydroxylation is 2. The Morgan fingerprint density at radius 2 is 1.83 bits per heavy atom. The number of nitrogens with zero attached hydrogens (tertiary/aromatic N) is 6. The van der Waals surface area contributed by atoms with Gasteiger partial charge in [-0.3, -0.25) is 9.97 Å². The van der Waals surface area contributed by atoms with Crippen molar-refractivity contribution >= 4 is 21.9 Å². The largest absolute Gasteiger partial charge is 0.386 e. The highest BCUT2D eigenvalue weighted by Crippen LogP contribution is 2.47. The molecule has 0 amide bonds. The van der Waals surface area contributed by atoms with Crippen molar-refractivity contribution in [2.24, 2.45) is 13.0 Å². The smallest absolute Gasteiger partial charge is 0.248 e.